The Bertz CT molecular complexity index is 539. The maximum atomic E-state index is 10.3. The number of hydrogen-bond donors (Lipinski definition) is 0. The monoisotopic (exact) mass is 300 g/mol. The number of carbonyl (C=O) groups is 3. The van der Waals surface area contributed by atoms with Crippen LogP contribution < -0.4 is 0 Å². The largest absolute Gasteiger partial charge is 0.295 e. The third kappa shape index (κ3) is 43.3. The molecule has 22 heavy (non-hydrogen) atoms. The number of allylic oxidation sites excluding steroid dienone is 6. The zero-order valence-corrected chi connectivity index (χ0v) is 14.2. The quantitative estimate of drug-likeness (QED) is 0.446. The third-order valence-corrected chi connectivity index (χ3v) is 1.44. The summed E-state index contributed by atoms with van der Waals surface area (Å²) in [6.45, 7) is 9.82. The molecule has 0 radical (unpaired) electrons. The van der Waals surface area contributed by atoms with E-state index in [9.17, 15) is 14.4 Å². The summed E-state index contributed by atoms with van der Waals surface area (Å²) in [4.78, 5) is 30.1. The van der Waals surface area contributed by atoms with E-state index in [1.165, 1.54) is 32.9 Å². The van der Waals surface area contributed by atoms with E-state index in [1.54, 1.807) is 25.2 Å². The minimum absolute atomic E-state index is 0.0229. The minimum Gasteiger partial charge on any atom is -0.295 e. The summed E-state index contributed by atoms with van der Waals surface area (Å²) in [5.41, 5.74) is 0. The van der Waals surface area contributed by atoms with Crippen molar-refractivity contribution in [2.45, 2.75) is 41.5 Å². The Morgan fingerprint density at radius 2 is 1.27 bits per heavy atom. The number of rotatable bonds is 2. The maximum absolute atomic E-state index is 10.3. The molecule has 0 fully saturated rings. The average molecular weight is 300 g/mol. The van der Waals surface area contributed by atoms with E-state index in [4.69, 9.17) is 0 Å². The fourth-order valence-electron chi connectivity index (χ4n) is 0.749. The molecule has 0 aliphatic rings. The third-order valence-electron chi connectivity index (χ3n) is 1.44. The van der Waals surface area contributed by atoms with Crippen LogP contribution in [-0.4, -0.2) is 17.3 Å². The highest BCUT2D eigenvalue weighted by atomic mass is 16.1. The molecule has 0 N–H and O–H groups in total. The molecule has 0 atom stereocenters. The molecule has 118 valence electrons. The second-order valence-corrected chi connectivity index (χ2v) is 3.77. The predicted octanol–water partition coefficient (Wildman–Crippen LogP) is 3.46. The molecule has 0 aliphatic heterocycles. The van der Waals surface area contributed by atoms with Crippen LogP contribution in [0.3, 0.4) is 0 Å². The zero-order valence-electron chi connectivity index (χ0n) is 14.2. The van der Waals surface area contributed by atoms with Gasteiger partial charge in [-0.05, 0) is 64.8 Å². The Balaban J connectivity index is -0.000000261. The smallest absolute Gasteiger partial charge is 0.202 e. The molecule has 0 heterocycles. The molecule has 0 amide bonds. The van der Waals surface area contributed by atoms with Crippen molar-refractivity contribution in [2.75, 3.05) is 0 Å². The molecule has 0 saturated heterocycles. The van der Waals surface area contributed by atoms with Gasteiger partial charge in [0.15, 0.2) is 11.6 Å². The van der Waals surface area contributed by atoms with Crippen molar-refractivity contribution in [1.29, 1.82) is 0 Å². The fourth-order valence-corrected chi connectivity index (χ4v) is 0.749. The van der Waals surface area contributed by atoms with Crippen molar-refractivity contribution in [3.05, 3.63) is 36.5 Å². The van der Waals surface area contributed by atoms with Gasteiger partial charge in [-0.3, -0.25) is 14.4 Å². The number of hydrogen-bond acceptors (Lipinski definition) is 3. The van der Waals surface area contributed by atoms with Gasteiger partial charge in [0.05, 0.1) is 0 Å². The maximum Gasteiger partial charge on any atom is 0.202 e. The lowest BCUT2D eigenvalue weighted by Crippen LogP contribution is -1.77. The van der Waals surface area contributed by atoms with Gasteiger partial charge >= 0.3 is 0 Å². The van der Waals surface area contributed by atoms with Crippen LogP contribution >= 0.6 is 0 Å². The standard InChI is InChI=1S/C9H10O.C5H8O.C5H6O/c1-3-4-5-6-7-8-9(2)10;2*1-3-4-5(2)6/h3-4,7-8H,1-2H3;3-4H,1-2H3;1-2H3/b4-3+,8-7+;4-3+;. The van der Waals surface area contributed by atoms with E-state index in [-0.39, 0.29) is 17.3 Å². The first kappa shape index (κ1) is 24.4. The Morgan fingerprint density at radius 1 is 0.773 bits per heavy atom. The van der Waals surface area contributed by atoms with E-state index < -0.39 is 0 Å². The molecule has 0 unspecified atom stereocenters. The summed E-state index contributed by atoms with van der Waals surface area (Å²) in [6.07, 6.45) is 9.81. The first-order valence-corrected chi connectivity index (χ1v) is 6.67. The van der Waals surface area contributed by atoms with Crippen LogP contribution in [0.5, 0.6) is 0 Å². The normalized spacial score (nSPS) is 8.64. The predicted molar refractivity (Wildman–Crippen MR) is 92.0 cm³/mol. The number of carbonyl (C=O) groups excluding carboxylic acids is 3. The molecule has 0 aromatic rings. The van der Waals surface area contributed by atoms with Gasteiger partial charge in [0, 0.05) is 6.92 Å². The minimum atomic E-state index is -0.0718. The molecular formula is C19H24O3. The Kier molecular flexibility index (Phi) is 22.9. The second kappa shape index (κ2) is 20.7. The average Bonchev–Trinajstić information content (AvgIpc) is 2.39. The SMILES string of the molecule is C/C=C/C#C/C=C/C(C)=O.C/C=C/C(C)=O.CC#CC(C)=O. The highest BCUT2D eigenvalue weighted by molar-refractivity contribution is 5.93. The number of ketones is 3. The summed E-state index contributed by atoms with van der Waals surface area (Å²) in [6, 6.07) is 0. The van der Waals surface area contributed by atoms with Gasteiger partial charge in [0.1, 0.15) is 0 Å². The van der Waals surface area contributed by atoms with E-state index in [1.807, 2.05) is 19.9 Å². The summed E-state index contributed by atoms with van der Waals surface area (Å²) in [7, 11) is 0. The molecule has 0 aromatic carbocycles. The van der Waals surface area contributed by atoms with Gasteiger partial charge in [-0.2, -0.15) is 0 Å². The number of Topliss-reactive ketones (excluding diaryl/α,β-unsaturated/α-hetero) is 1. The lowest BCUT2D eigenvalue weighted by Gasteiger charge is -1.70. The molecule has 3 heteroatoms. The fraction of sp³-hybridized carbons (Fsp3) is 0.316. The van der Waals surface area contributed by atoms with Crippen LogP contribution in [0.4, 0.5) is 0 Å². The highest BCUT2D eigenvalue weighted by Crippen LogP contribution is 1.73. The van der Waals surface area contributed by atoms with Crippen molar-refractivity contribution in [3.8, 4) is 23.7 Å². The molecule has 0 rings (SSSR count). The summed E-state index contributed by atoms with van der Waals surface area (Å²) in [5, 5.41) is 0. The van der Waals surface area contributed by atoms with Crippen LogP contribution in [0.2, 0.25) is 0 Å². The Morgan fingerprint density at radius 3 is 1.50 bits per heavy atom. The van der Waals surface area contributed by atoms with Crippen LogP contribution in [0.25, 0.3) is 0 Å². The van der Waals surface area contributed by atoms with Gasteiger partial charge in [-0.25, -0.2) is 0 Å². The van der Waals surface area contributed by atoms with Crippen LogP contribution in [0, 0.1) is 23.7 Å². The molecule has 0 spiro atoms. The molecule has 0 bridgehead atoms. The van der Waals surface area contributed by atoms with E-state index in [0.717, 1.165) is 0 Å². The van der Waals surface area contributed by atoms with E-state index >= 15 is 0 Å². The molecule has 0 aliphatic carbocycles. The van der Waals surface area contributed by atoms with E-state index in [2.05, 4.69) is 23.7 Å². The van der Waals surface area contributed by atoms with Crippen molar-refractivity contribution in [3.63, 3.8) is 0 Å². The van der Waals surface area contributed by atoms with Crippen molar-refractivity contribution < 1.29 is 14.4 Å². The highest BCUT2D eigenvalue weighted by Gasteiger charge is 1.75. The van der Waals surface area contributed by atoms with Crippen molar-refractivity contribution >= 4 is 17.3 Å². The van der Waals surface area contributed by atoms with Gasteiger partial charge in [-0.1, -0.05) is 29.9 Å². The van der Waals surface area contributed by atoms with Gasteiger partial charge in [0.25, 0.3) is 0 Å². The lowest BCUT2D eigenvalue weighted by molar-refractivity contribution is -0.113. The topological polar surface area (TPSA) is 51.2 Å². The molecule has 0 saturated carbocycles. The van der Waals surface area contributed by atoms with Crippen molar-refractivity contribution in [2.24, 2.45) is 0 Å². The second-order valence-electron chi connectivity index (χ2n) is 3.77. The molecular weight excluding hydrogens is 276 g/mol. The zero-order chi connectivity index (χ0) is 17.8. The first-order valence-electron chi connectivity index (χ1n) is 6.67. The van der Waals surface area contributed by atoms with Gasteiger partial charge < -0.3 is 0 Å². The van der Waals surface area contributed by atoms with Gasteiger partial charge in [-0.15, -0.1) is 0 Å². The summed E-state index contributed by atoms with van der Waals surface area (Å²) < 4.78 is 0. The van der Waals surface area contributed by atoms with Gasteiger partial charge in [0.2, 0.25) is 5.78 Å². The van der Waals surface area contributed by atoms with Crippen LogP contribution in [0.1, 0.15) is 41.5 Å². The first-order chi connectivity index (χ1) is 10.3. The Hall–Kier alpha value is -2.65. The Labute approximate surface area is 134 Å². The summed E-state index contributed by atoms with van der Waals surface area (Å²) >= 11 is 0. The molecule has 0 aromatic heterocycles. The van der Waals surface area contributed by atoms with Crippen molar-refractivity contribution in [1.82, 2.24) is 0 Å². The van der Waals surface area contributed by atoms with Crippen LogP contribution in [-0.2, 0) is 14.4 Å². The van der Waals surface area contributed by atoms with Crippen LogP contribution in [0.15, 0.2) is 36.5 Å². The lowest BCUT2D eigenvalue weighted by atomic mass is 10.4. The van der Waals surface area contributed by atoms with E-state index in [0.29, 0.717) is 0 Å². The summed E-state index contributed by atoms with van der Waals surface area (Å²) in [5.74, 6) is 10.2. The molecule has 3 nitrogen and oxygen atoms in total.